The van der Waals surface area contributed by atoms with Crippen LogP contribution in [0.3, 0.4) is 0 Å². The van der Waals surface area contributed by atoms with Gasteiger partial charge in [-0.1, -0.05) is 30.0 Å². The number of amides is 1. The van der Waals surface area contributed by atoms with E-state index < -0.39 is 53.6 Å². The van der Waals surface area contributed by atoms with Crippen LogP contribution in [0, 0.1) is 5.82 Å². The summed E-state index contributed by atoms with van der Waals surface area (Å²) in [6, 6.07) is 4.11. The van der Waals surface area contributed by atoms with Crippen molar-refractivity contribution in [3.05, 3.63) is 34.1 Å². The van der Waals surface area contributed by atoms with Gasteiger partial charge in [0, 0.05) is 24.1 Å². The van der Waals surface area contributed by atoms with Crippen LogP contribution in [-0.4, -0.2) is 84.3 Å². The summed E-state index contributed by atoms with van der Waals surface area (Å²) in [5.74, 6) is -0.520. The van der Waals surface area contributed by atoms with E-state index in [2.05, 4.69) is 33.2 Å². The summed E-state index contributed by atoms with van der Waals surface area (Å²) >= 11 is 4.67. The molecule has 0 spiro atoms. The van der Waals surface area contributed by atoms with Crippen LogP contribution in [0.25, 0.3) is 11.2 Å². The number of nitrogens with zero attached hydrogens (tertiary/aromatic N) is 6. The van der Waals surface area contributed by atoms with Crippen LogP contribution < -0.4 is 4.90 Å². The number of hydrogen-bond donors (Lipinski definition) is 0. The van der Waals surface area contributed by atoms with E-state index in [1.165, 1.54) is 22.7 Å². The number of carbonyl (C=O) groups excluding carboxylic acids is 2. The van der Waals surface area contributed by atoms with Crippen LogP contribution in [0.4, 0.5) is 19.8 Å². The number of anilines is 1. The zero-order valence-electron chi connectivity index (χ0n) is 29.7. The highest BCUT2D eigenvalue weighted by molar-refractivity contribution is 9.10. The first kappa shape index (κ1) is 36.7. The first-order valence-electron chi connectivity index (χ1n) is 16.8. The van der Waals surface area contributed by atoms with Crippen LogP contribution in [0.5, 0.6) is 0 Å². The lowest BCUT2D eigenvalue weighted by atomic mass is 10.1. The molecule has 2 aromatic heterocycles. The molecule has 1 aromatic carbocycles. The van der Waals surface area contributed by atoms with E-state index in [-0.39, 0.29) is 35.5 Å². The van der Waals surface area contributed by atoms with E-state index in [0.717, 1.165) is 17.7 Å². The van der Waals surface area contributed by atoms with Gasteiger partial charge in [-0.05, 0) is 102 Å². The first-order valence-corrected chi connectivity index (χ1v) is 18.6. The Balaban J connectivity index is 1.41. The van der Waals surface area contributed by atoms with Crippen LogP contribution in [0.2, 0.25) is 0 Å². The van der Waals surface area contributed by atoms with E-state index in [4.69, 9.17) is 33.7 Å². The molecule has 0 bridgehead atoms. The summed E-state index contributed by atoms with van der Waals surface area (Å²) in [5.41, 5.74) is -0.122. The van der Waals surface area contributed by atoms with Crippen molar-refractivity contribution < 1.29 is 37.7 Å². The number of rotatable bonds is 8. The molecule has 0 N–H and O–H groups in total. The van der Waals surface area contributed by atoms with Crippen molar-refractivity contribution in [1.29, 1.82) is 0 Å². The second-order valence-electron chi connectivity index (χ2n) is 15.3. The molecular weight excluding hydrogens is 735 g/mol. The average molecular weight is 780 g/mol. The van der Waals surface area contributed by atoms with Crippen LogP contribution in [-0.2, 0) is 23.7 Å². The number of aromatic nitrogens is 5. The van der Waals surface area contributed by atoms with E-state index in [0.29, 0.717) is 21.7 Å². The largest absolute Gasteiger partial charge is 0.509 e. The van der Waals surface area contributed by atoms with E-state index in [1.54, 1.807) is 66.1 Å². The fraction of sp³-hybridized carbons (Fsp3) is 0.647. The summed E-state index contributed by atoms with van der Waals surface area (Å²) in [5, 5.41) is 9.52. The normalized spacial score (nSPS) is 25.7. The highest BCUT2D eigenvalue weighted by atomic mass is 79.9. The molecule has 3 heterocycles. The van der Waals surface area contributed by atoms with Crippen molar-refractivity contribution >= 4 is 56.9 Å². The van der Waals surface area contributed by atoms with Crippen molar-refractivity contribution in [3.8, 4) is 0 Å². The Morgan fingerprint density at radius 3 is 2.44 bits per heavy atom. The monoisotopic (exact) mass is 778 g/mol. The second-order valence-corrected chi connectivity index (χ2v) is 17.2. The molecule has 3 fully saturated rings. The van der Waals surface area contributed by atoms with Gasteiger partial charge in [0.2, 0.25) is 0 Å². The number of ether oxygens (including phenoxy) is 5. The molecule has 3 aromatic rings. The van der Waals surface area contributed by atoms with Gasteiger partial charge in [-0.3, -0.25) is 4.90 Å². The topological polar surface area (TPSA) is 140 Å². The van der Waals surface area contributed by atoms with Crippen LogP contribution in [0.1, 0.15) is 99.1 Å². The number of thioether (sulfide) groups is 1. The zero-order valence-corrected chi connectivity index (χ0v) is 32.1. The summed E-state index contributed by atoms with van der Waals surface area (Å²) in [4.78, 5) is 38.1. The SMILES string of the molecule is CCCSc1nc(N(C(=O)OC(C)(C)C)C2CC2c2ccc(Br)c(F)c2)c2nnn([C@@H]3C[C@H](OC(=O)OC(C)(C)C)[C@H]4OC(C)(C)O[C@H]43)c2n1. The quantitative estimate of drug-likeness (QED) is 0.126. The summed E-state index contributed by atoms with van der Waals surface area (Å²) < 4.78 is 46.3. The predicted octanol–water partition coefficient (Wildman–Crippen LogP) is 7.71. The highest BCUT2D eigenvalue weighted by Crippen LogP contribution is 2.49. The predicted molar refractivity (Wildman–Crippen MR) is 187 cm³/mol. The Labute approximate surface area is 303 Å². The standard InChI is InChI=1S/C34H44BrFN6O7S/c1-10-13-50-29-37-27(41(30(43)48-32(2,3)4)21-15-18(21)17-11-12-19(35)20(36)14-17)24-28(38-29)42(40-39-24)22-16-23(45-31(44)49-33(5,6)7)26-25(22)46-34(8,9)47-26/h11-12,14,18,21-23,25-26H,10,13,15-16H2,1-9H3/t18?,21?,22-,23+,25+,26-/m1/s1. The lowest BCUT2D eigenvalue weighted by Crippen LogP contribution is -2.39. The Bertz CT molecular complexity index is 1780. The maximum atomic E-state index is 14.6. The molecule has 6 atom stereocenters. The summed E-state index contributed by atoms with van der Waals surface area (Å²) in [7, 11) is 0. The number of benzene rings is 1. The molecule has 2 saturated carbocycles. The molecule has 16 heteroatoms. The van der Waals surface area contributed by atoms with Crippen LogP contribution in [0.15, 0.2) is 27.8 Å². The summed E-state index contributed by atoms with van der Waals surface area (Å²) in [6.45, 7) is 16.3. The van der Waals surface area contributed by atoms with Gasteiger partial charge < -0.3 is 23.7 Å². The van der Waals surface area contributed by atoms with Crippen molar-refractivity contribution in [1.82, 2.24) is 25.0 Å². The first-order chi connectivity index (χ1) is 23.3. The van der Waals surface area contributed by atoms with Gasteiger partial charge in [0.1, 0.15) is 35.3 Å². The molecule has 13 nitrogen and oxygen atoms in total. The maximum Gasteiger partial charge on any atom is 0.509 e. The third-order valence-electron chi connectivity index (χ3n) is 8.33. The molecule has 6 rings (SSSR count). The van der Waals surface area contributed by atoms with Gasteiger partial charge in [0.25, 0.3) is 0 Å². The van der Waals surface area contributed by atoms with Crippen molar-refractivity contribution in [2.75, 3.05) is 10.7 Å². The maximum absolute atomic E-state index is 14.6. The zero-order chi connectivity index (χ0) is 36.3. The third-order valence-corrected chi connectivity index (χ3v) is 10.0. The minimum absolute atomic E-state index is 0.162. The Kier molecular flexibility index (Phi) is 9.89. The Hall–Kier alpha value is -3.08. The van der Waals surface area contributed by atoms with Gasteiger partial charge in [-0.2, -0.15) is 0 Å². The average Bonchev–Trinajstić information content (AvgIpc) is 3.38. The van der Waals surface area contributed by atoms with Crippen molar-refractivity contribution in [3.63, 3.8) is 0 Å². The van der Waals surface area contributed by atoms with Gasteiger partial charge in [-0.15, -0.1) is 5.10 Å². The molecule has 1 amide bonds. The van der Waals surface area contributed by atoms with Crippen molar-refractivity contribution in [2.24, 2.45) is 0 Å². The highest BCUT2D eigenvalue weighted by Gasteiger charge is 2.57. The Morgan fingerprint density at radius 2 is 1.78 bits per heavy atom. The minimum atomic E-state index is -0.955. The molecule has 272 valence electrons. The smallest absolute Gasteiger partial charge is 0.443 e. The molecule has 0 radical (unpaired) electrons. The fourth-order valence-corrected chi connectivity index (χ4v) is 7.30. The number of halogens is 2. The third kappa shape index (κ3) is 7.87. The van der Waals surface area contributed by atoms with E-state index >= 15 is 0 Å². The second kappa shape index (κ2) is 13.5. The minimum Gasteiger partial charge on any atom is -0.443 e. The molecule has 2 aliphatic carbocycles. The Morgan fingerprint density at radius 1 is 1.08 bits per heavy atom. The molecule has 50 heavy (non-hydrogen) atoms. The lowest BCUT2D eigenvalue weighted by Gasteiger charge is -2.27. The fourth-order valence-electron chi connectivity index (χ4n) is 6.36. The van der Waals surface area contributed by atoms with Gasteiger partial charge in [0.15, 0.2) is 27.9 Å². The molecule has 2 unspecified atom stereocenters. The van der Waals surface area contributed by atoms with Gasteiger partial charge in [0.05, 0.1) is 10.5 Å². The summed E-state index contributed by atoms with van der Waals surface area (Å²) in [6.07, 6.45) is -1.56. The molecule has 1 saturated heterocycles. The van der Waals surface area contributed by atoms with E-state index in [9.17, 15) is 14.0 Å². The van der Waals surface area contributed by atoms with Gasteiger partial charge >= 0.3 is 12.2 Å². The van der Waals surface area contributed by atoms with Crippen LogP contribution >= 0.6 is 27.7 Å². The van der Waals surface area contributed by atoms with Gasteiger partial charge in [-0.25, -0.2) is 28.6 Å². The van der Waals surface area contributed by atoms with Crippen molar-refractivity contribution in [2.45, 2.75) is 140 Å². The lowest BCUT2D eigenvalue weighted by molar-refractivity contribution is -0.168. The number of fused-ring (bicyclic) bond motifs is 2. The molecular formula is C34H44BrFN6O7S. The molecule has 3 aliphatic rings. The molecule has 1 aliphatic heterocycles. The number of hydrogen-bond acceptors (Lipinski definition) is 12. The number of carbonyl (C=O) groups is 2. The van der Waals surface area contributed by atoms with E-state index in [1.807, 2.05) is 6.07 Å².